The second-order valence-corrected chi connectivity index (χ2v) is 5.51. The van der Waals surface area contributed by atoms with Crippen LogP contribution in [0, 0.1) is 6.92 Å². The van der Waals surface area contributed by atoms with Gasteiger partial charge in [0.25, 0.3) is 0 Å². The molecule has 0 unspecified atom stereocenters. The van der Waals surface area contributed by atoms with E-state index in [-0.39, 0.29) is 0 Å². The Hall–Kier alpha value is -1.84. The maximum absolute atomic E-state index is 4.36. The lowest BCUT2D eigenvalue weighted by Gasteiger charge is -2.16. The van der Waals surface area contributed by atoms with E-state index in [1.54, 1.807) is 0 Å². The van der Waals surface area contributed by atoms with Gasteiger partial charge in [0.15, 0.2) is 0 Å². The van der Waals surface area contributed by atoms with Gasteiger partial charge in [-0.05, 0) is 31.9 Å². The molecular weight excluding hydrogens is 248 g/mol. The van der Waals surface area contributed by atoms with E-state index in [9.17, 15) is 0 Å². The molecule has 4 nitrogen and oxygen atoms in total. The second kappa shape index (κ2) is 6.07. The number of hydrogen-bond donors (Lipinski definition) is 1. The Morgan fingerprint density at radius 1 is 1.15 bits per heavy atom. The summed E-state index contributed by atoms with van der Waals surface area (Å²) in [4.78, 5) is 0. The lowest BCUT2D eigenvalue weighted by molar-refractivity contribution is 0.487. The topological polar surface area (TPSA) is 42.7 Å². The number of para-hydroxylation sites is 1. The molecule has 20 heavy (non-hydrogen) atoms. The fraction of sp³-hybridized carbons (Fsp3) is 0.500. The number of anilines is 1. The molecular formula is C16H22N4. The summed E-state index contributed by atoms with van der Waals surface area (Å²) in [5.74, 6) is 2.18. The number of benzene rings is 1. The van der Waals surface area contributed by atoms with Gasteiger partial charge < -0.3 is 9.88 Å². The van der Waals surface area contributed by atoms with Gasteiger partial charge in [0, 0.05) is 24.7 Å². The van der Waals surface area contributed by atoms with Crippen molar-refractivity contribution in [3.63, 3.8) is 0 Å². The number of aromatic nitrogens is 3. The molecule has 1 aromatic carbocycles. The van der Waals surface area contributed by atoms with Gasteiger partial charge >= 0.3 is 0 Å². The summed E-state index contributed by atoms with van der Waals surface area (Å²) in [5, 5.41) is 12.1. The van der Waals surface area contributed by atoms with E-state index in [4.69, 9.17) is 0 Å². The van der Waals surface area contributed by atoms with Crippen LogP contribution in [0.15, 0.2) is 30.3 Å². The minimum absolute atomic E-state index is 0.622. The minimum Gasteiger partial charge on any atom is -0.385 e. The number of aryl methyl sites for hydroxylation is 1. The summed E-state index contributed by atoms with van der Waals surface area (Å²) < 4.78 is 2.36. The quantitative estimate of drug-likeness (QED) is 0.906. The van der Waals surface area contributed by atoms with E-state index in [2.05, 4.69) is 39.1 Å². The Morgan fingerprint density at radius 2 is 1.90 bits per heavy atom. The molecule has 1 saturated carbocycles. The lowest BCUT2D eigenvalue weighted by Crippen LogP contribution is -2.14. The predicted octanol–water partition coefficient (Wildman–Crippen LogP) is 3.36. The first-order valence-corrected chi connectivity index (χ1v) is 7.54. The fourth-order valence-electron chi connectivity index (χ4n) is 3.10. The second-order valence-electron chi connectivity index (χ2n) is 5.51. The van der Waals surface area contributed by atoms with E-state index in [1.165, 1.54) is 25.7 Å². The third-order valence-corrected chi connectivity index (χ3v) is 4.08. The van der Waals surface area contributed by atoms with Gasteiger partial charge in [-0.2, -0.15) is 0 Å². The van der Waals surface area contributed by atoms with Crippen LogP contribution >= 0.6 is 0 Å². The van der Waals surface area contributed by atoms with Crippen LogP contribution in [0.25, 0.3) is 0 Å². The molecule has 1 heterocycles. The minimum atomic E-state index is 0.622. The summed E-state index contributed by atoms with van der Waals surface area (Å²) >= 11 is 0. The monoisotopic (exact) mass is 270 g/mol. The van der Waals surface area contributed by atoms with Crippen LogP contribution in [0.4, 0.5) is 5.69 Å². The van der Waals surface area contributed by atoms with Crippen LogP contribution < -0.4 is 5.32 Å². The lowest BCUT2D eigenvalue weighted by atomic mass is 10.2. The molecule has 2 aromatic rings. The van der Waals surface area contributed by atoms with Crippen molar-refractivity contribution in [1.29, 1.82) is 0 Å². The van der Waals surface area contributed by atoms with E-state index in [0.29, 0.717) is 6.04 Å². The molecule has 0 aliphatic heterocycles. The van der Waals surface area contributed by atoms with Crippen molar-refractivity contribution >= 4 is 5.69 Å². The molecule has 0 bridgehead atoms. The standard InChI is InChI=1S/C16H22N4/c1-13-18-19-16(20(13)15-9-5-6-10-15)11-12-17-14-7-3-2-4-8-14/h2-4,7-8,15,17H,5-6,9-12H2,1H3. The molecule has 0 spiro atoms. The van der Waals surface area contributed by atoms with Gasteiger partial charge in [-0.3, -0.25) is 0 Å². The van der Waals surface area contributed by atoms with E-state index < -0.39 is 0 Å². The molecule has 0 saturated heterocycles. The zero-order valence-electron chi connectivity index (χ0n) is 12.0. The molecule has 1 aliphatic carbocycles. The summed E-state index contributed by atoms with van der Waals surface area (Å²) in [6, 6.07) is 10.9. The van der Waals surface area contributed by atoms with Gasteiger partial charge in [-0.25, -0.2) is 0 Å². The van der Waals surface area contributed by atoms with Crippen molar-refractivity contribution in [2.75, 3.05) is 11.9 Å². The molecule has 106 valence electrons. The molecule has 1 aliphatic rings. The molecule has 0 amide bonds. The van der Waals surface area contributed by atoms with Gasteiger partial charge in [0.1, 0.15) is 11.6 Å². The Morgan fingerprint density at radius 3 is 2.65 bits per heavy atom. The number of nitrogens with zero attached hydrogens (tertiary/aromatic N) is 3. The van der Waals surface area contributed by atoms with Crippen molar-refractivity contribution in [2.24, 2.45) is 0 Å². The molecule has 4 heteroatoms. The Labute approximate surface area is 120 Å². The summed E-state index contributed by atoms with van der Waals surface area (Å²) in [7, 11) is 0. The third-order valence-electron chi connectivity index (χ3n) is 4.08. The number of hydrogen-bond acceptors (Lipinski definition) is 3. The van der Waals surface area contributed by atoms with Crippen LogP contribution in [-0.2, 0) is 6.42 Å². The highest BCUT2D eigenvalue weighted by atomic mass is 15.3. The summed E-state index contributed by atoms with van der Waals surface area (Å²) in [6.07, 6.45) is 6.15. The summed E-state index contributed by atoms with van der Waals surface area (Å²) in [5.41, 5.74) is 1.16. The Kier molecular flexibility index (Phi) is 4.00. The largest absolute Gasteiger partial charge is 0.385 e. The maximum atomic E-state index is 4.36. The highest BCUT2D eigenvalue weighted by molar-refractivity contribution is 5.42. The van der Waals surface area contributed by atoms with Crippen LogP contribution in [0.5, 0.6) is 0 Å². The van der Waals surface area contributed by atoms with Gasteiger partial charge in [-0.1, -0.05) is 31.0 Å². The molecule has 1 aromatic heterocycles. The van der Waals surface area contributed by atoms with E-state index in [1.807, 2.05) is 18.2 Å². The first kappa shape index (κ1) is 13.2. The molecule has 1 fully saturated rings. The van der Waals surface area contributed by atoms with Gasteiger partial charge in [-0.15, -0.1) is 10.2 Å². The van der Waals surface area contributed by atoms with E-state index >= 15 is 0 Å². The van der Waals surface area contributed by atoms with Crippen molar-refractivity contribution < 1.29 is 0 Å². The zero-order valence-corrected chi connectivity index (χ0v) is 12.0. The van der Waals surface area contributed by atoms with Crippen LogP contribution in [-0.4, -0.2) is 21.3 Å². The first-order chi connectivity index (χ1) is 9.84. The van der Waals surface area contributed by atoms with Gasteiger partial charge in [0.05, 0.1) is 0 Å². The zero-order chi connectivity index (χ0) is 13.8. The predicted molar refractivity (Wildman–Crippen MR) is 80.9 cm³/mol. The van der Waals surface area contributed by atoms with E-state index in [0.717, 1.165) is 30.3 Å². The molecule has 1 N–H and O–H groups in total. The van der Waals surface area contributed by atoms with Crippen molar-refractivity contribution in [3.8, 4) is 0 Å². The average molecular weight is 270 g/mol. The smallest absolute Gasteiger partial charge is 0.135 e. The SMILES string of the molecule is Cc1nnc(CCNc2ccccc2)n1C1CCCC1. The van der Waals surface area contributed by atoms with Crippen molar-refractivity contribution in [3.05, 3.63) is 42.0 Å². The van der Waals surface area contributed by atoms with Crippen LogP contribution in [0.3, 0.4) is 0 Å². The van der Waals surface area contributed by atoms with Crippen molar-refractivity contribution in [2.45, 2.75) is 45.1 Å². The average Bonchev–Trinajstić information content (AvgIpc) is 3.10. The fourth-order valence-corrected chi connectivity index (χ4v) is 3.10. The van der Waals surface area contributed by atoms with Gasteiger partial charge in [0.2, 0.25) is 0 Å². The Balaban J connectivity index is 1.63. The normalized spacial score (nSPS) is 15.7. The Bertz CT molecular complexity index is 541. The highest BCUT2D eigenvalue weighted by Gasteiger charge is 2.21. The first-order valence-electron chi connectivity index (χ1n) is 7.54. The highest BCUT2D eigenvalue weighted by Crippen LogP contribution is 2.31. The van der Waals surface area contributed by atoms with Crippen LogP contribution in [0.1, 0.15) is 43.4 Å². The van der Waals surface area contributed by atoms with Crippen molar-refractivity contribution in [1.82, 2.24) is 14.8 Å². The molecule has 3 rings (SSSR count). The summed E-state index contributed by atoms with van der Waals surface area (Å²) in [6.45, 7) is 2.97. The third kappa shape index (κ3) is 2.84. The van der Waals surface area contributed by atoms with Crippen LogP contribution in [0.2, 0.25) is 0 Å². The number of rotatable bonds is 5. The molecule has 0 radical (unpaired) electrons. The molecule has 0 atom stereocenters. The number of nitrogens with one attached hydrogen (secondary N) is 1. The maximum Gasteiger partial charge on any atom is 0.135 e.